The van der Waals surface area contributed by atoms with E-state index in [2.05, 4.69) is 27.7 Å². The molecule has 0 amide bonds. The molecule has 10 heavy (non-hydrogen) atoms. The van der Waals surface area contributed by atoms with Gasteiger partial charge >= 0.3 is 0 Å². The lowest BCUT2D eigenvalue weighted by Gasteiger charge is -2.25. The van der Waals surface area contributed by atoms with Crippen molar-refractivity contribution in [3.63, 3.8) is 0 Å². The van der Waals surface area contributed by atoms with E-state index in [-0.39, 0.29) is 11.8 Å². The van der Waals surface area contributed by atoms with E-state index in [1.807, 2.05) is 0 Å². The van der Waals surface area contributed by atoms with Crippen LogP contribution in [0.5, 0.6) is 0 Å². The van der Waals surface area contributed by atoms with E-state index in [9.17, 15) is 0 Å². The average molecular weight is 144 g/mol. The van der Waals surface area contributed by atoms with Gasteiger partial charge in [-0.05, 0) is 17.7 Å². The SMILES string of the molecule is [2H]CC(C)(CC)C([2H])C(C)CC. The van der Waals surface area contributed by atoms with Gasteiger partial charge in [-0.15, -0.1) is 0 Å². The molecule has 0 aromatic heterocycles. The molecule has 0 rings (SSSR count). The monoisotopic (exact) mass is 144 g/mol. The first-order chi connectivity index (χ1) is 5.51. The molecule has 62 valence electrons. The maximum Gasteiger partial charge on any atom is 0.0275 e. The van der Waals surface area contributed by atoms with Crippen molar-refractivity contribution in [2.75, 3.05) is 0 Å². The average Bonchev–Trinajstić information content (AvgIpc) is 2.14. The Hall–Kier alpha value is 0. The molecular formula is C10H22. The molecule has 0 heterocycles. The molecule has 0 aliphatic carbocycles. The summed E-state index contributed by atoms with van der Waals surface area (Å²) in [7, 11) is 0. The molecule has 3 atom stereocenters. The molecule has 0 saturated heterocycles. The fourth-order valence-corrected chi connectivity index (χ4v) is 0.923. The van der Waals surface area contributed by atoms with Gasteiger partial charge in [0.15, 0.2) is 0 Å². The lowest BCUT2D eigenvalue weighted by atomic mass is 9.80. The van der Waals surface area contributed by atoms with E-state index in [1.54, 1.807) is 0 Å². The third-order valence-electron chi connectivity index (χ3n) is 2.14. The van der Waals surface area contributed by atoms with Gasteiger partial charge in [0, 0.05) is 2.74 Å². The first-order valence-corrected chi connectivity index (χ1v) is 4.23. The Bertz CT molecular complexity index is 119. The largest absolute Gasteiger partial charge is 0.0651 e. The second-order valence-electron chi connectivity index (χ2n) is 3.56. The molecule has 0 saturated carbocycles. The molecule has 0 aromatic carbocycles. The van der Waals surface area contributed by atoms with Gasteiger partial charge in [-0.1, -0.05) is 47.4 Å². The van der Waals surface area contributed by atoms with Crippen LogP contribution in [-0.4, -0.2) is 0 Å². The molecule has 0 aliphatic heterocycles. The lowest BCUT2D eigenvalue weighted by molar-refractivity contribution is 0.263. The second-order valence-corrected chi connectivity index (χ2v) is 3.56. The quantitative estimate of drug-likeness (QED) is 0.562. The summed E-state index contributed by atoms with van der Waals surface area (Å²) in [6, 6.07) is 0. The maximum atomic E-state index is 8.01. The molecule has 0 nitrogen and oxygen atoms in total. The van der Waals surface area contributed by atoms with Gasteiger partial charge in [0.25, 0.3) is 0 Å². The van der Waals surface area contributed by atoms with Gasteiger partial charge in [0.2, 0.25) is 0 Å². The molecule has 0 radical (unpaired) electrons. The van der Waals surface area contributed by atoms with Gasteiger partial charge in [-0.3, -0.25) is 0 Å². The van der Waals surface area contributed by atoms with Crippen LogP contribution in [0.4, 0.5) is 0 Å². The summed E-state index contributed by atoms with van der Waals surface area (Å²) >= 11 is 0. The Morgan fingerprint density at radius 1 is 1.60 bits per heavy atom. The predicted molar refractivity (Wildman–Crippen MR) is 48.1 cm³/mol. The van der Waals surface area contributed by atoms with E-state index in [0.29, 0.717) is 12.8 Å². The Morgan fingerprint density at radius 3 is 2.50 bits per heavy atom. The van der Waals surface area contributed by atoms with Crippen LogP contribution < -0.4 is 0 Å². The highest BCUT2D eigenvalue weighted by Crippen LogP contribution is 2.29. The summed E-state index contributed by atoms with van der Waals surface area (Å²) in [5.74, 6) is 0.417. The van der Waals surface area contributed by atoms with Crippen molar-refractivity contribution in [2.45, 2.75) is 53.8 Å². The standard InChI is InChI=1S/C10H22/c1-6-9(3)8-10(4,5)7-2/h9H,6-8H2,1-5H3/i4D,8D. The summed E-state index contributed by atoms with van der Waals surface area (Å²) in [6.45, 7) is 8.75. The molecule has 0 heteroatoms. The number of hydrogen-bond acceptors (Lipinski definition) is 0. The fourth-order valence-electron chi connectivity index (χ4n) is 0.923. The summed E-state index contributed by atoms with van der Waals surface area (Å²) < 4.78 is 15.4. The van der Waals surface area contributed by atoms with Gasteiger partial charge in [-0.25, -0.2) is 0 Å². The smallest absolute Gasteiger partial charge is 0.0275 e. The number of rotatable bonds is 4. The first-order valence-electron chi connectivity index (χ1n) is 5.51. The van der Waals surface area contributed by atoms with Crippen molar-refractivity contribution in [2.24, 2.45) is 11.3 Å². The Labute approximate surface area is 68.8 Å². The normalized spacial score (nSPS) is 26.0. The number of hydrogen-bond donors (Lipinski definition) is 0. The predicted octanol–water partition coefficient (Wildman–Crippen LogP) is 3.86. The first kappa shape index (κ1) is 6.69. The molecule has 0 spiro atoms. The second kappa shape index (κ2) is 4.00. The van der Waals surface area contributed by atoms with Crippen molar-refractivity contribution in [3.8, 4) is 0 Å². The van der Waals surface area contributed by atoms with E-state index in [4.69, 9.17) is 2.74 Å². The highest BCUT2D eigenvalue weighted by atomic mass is 14.2. The molecule has 0 aliphatic rings. The lowest BCUT2D eigenvalue weighted by Crippen LogP contribution is -2.13. The van der Waals surface area contributed by atoms with Crippen molar-refractivity contribution < 1.29 is 2.74 Å². The van der Waals surface area contributed by atoms with Crippen LogP contribution in [0.25, 0.3) is 0 Å². The van der Waals surface area contributed by atoms with Crippen molar-refractivity contribution >= 4 is 0 Å². The molecule has 0 bridgehead atoms. The highest BCUT2D eigenvalue weighted by molar-refractivity contribution is 4.68. The van der Waals surface area contributed by atoms with Crippen LogP contribution in [0, 0.1) is 11.3 Å². The molecule has 0 fully saturated rings. The molecule has 0 aromatic rings. The highest BCUT2D eigenvalue weighted by Gasteiger charge is 2.17. The zero-order chi connectivity index (χ0) is 9.78. The maximum absolute atomic E-state index is 8.01. The molecule has 0 N–H and O–H groups in total. The van der Waals surface area contributed by atoms with Crippen molar-refractivity contribution in [1.82, 2.24) is 0 Å². The van der Waals surface area contributed by atoms with E-state index < -0.39 is 0 Å². The van der Waals surface area contributed by atoms with Crippen LogP contribution in [0.1, 0.15) is 56.6 Å². The Morgan fingerprint density at radius 2 is 2.20 bits per heavy atom. The summed E-state index contributed by atoms with van der Waals surface area (Å²) in [5, 5.41) is 0. The fraction of sp³-hybridized carbons (Fsp3) is 1.00. The Balaban J connectivity index is 4.29. The minimum atomic E-state index is -0.102. The van der Waals surface area contributed by atoms with E-state index in [0.717, 1.165) is 12.8 Å². The summed E-state index contributed by atoms with van der Waals surface area (Å²) in [5.41, 5.74) is -0.102. The van der Waals surface area contributed by atoms with Crippen LogP contribution in [-0.2, 0) is 0 Å². The third-order valence-corrected chi connectivity index (χ3v) is 2.14. The van der Waals surface area contributed by atoms with Gasteiger partial charge < -0.3 is 0 Å². The van der Waals surface area contributed by atoms with Gasteiger partial charge in [-0.2, -0.15) is 0 Å². The summed E-state index contributed by atoms with van der Waals surface area (Å²) in [4.78, 5) is 0. The third kappa shape index (κ3) is 3.92. The zero-order valence-corrected chi connectivity index (χ0v) is 7.78. The molecule has 3 unspecified atom stereocenters. The van der Waals surface area contributed by atoms with Crippen LogP contribution in [0.15, 0.2) is 0 Å². The van der Waals surface area contributed by atoms with Gasteiger partial charge in [0.1, 0.15) is 0 Å². The Kier molecular flexibility index (Phi) is 2.68. The van der Waals surface area contributed by atoms with Crippen LogP contribution in [0.3, 0.4) is 0 Å². The van der Waals surface area contributed by atoms with Crippen molar-refractivity contribution in [1.29, 1.82) is 0 Å². The van der Waals surface area contributed by atoms with E-state index in [1.165, 1.54) is 0 Å². The topological polar surface area (TPSA) is 0 Å². The minimum Gasteiger partial charge on any atom is -0.0651 e. The van der Waals surface area contributed by atoms with E-state index >= 15 is 0 Å². The summed E-state index contributed by atoms with van der Waals surface area (Å²) in [6.07, 6.45) is 1.91. The van der Waals surface area contributed by atoms with Crippen LogP contribution >= 0.6 is 0 Å². The van der Waals surface area contributed by atoms with Gasteiger partial charge in [0.05, 0.1) is 0 Å². The minimum absolute atomic E-state index is 0.0787. The molecular weight excluding hydrogens is 120 g/mol. The van der Waals surface area contributed by atoms with Crippen LogP contribution in [0.2, 0.25) is 0 Å². The zero-order valence-electron chi connectivity index (χ0n) is 9.78. The van der Waals surface area contributed by atoms with Crippen molar-refractivity contribution in [3.05, 3.63) is 0 Å².